The van der Waals surface area contributed by atoms with Crippen LogP contribution in [0.25, 0.3) is 0 Å². The van der Waals surface area contributed by atoms with Crippen LogP contribution in [0.3, 0.4) is 0 Å². The van der Waals surface area contributed by atoms with Crippen LogP contribution in [0, 0.1) is 0 Å². The van der Waals surface area contributed by atoms with Crippen molar-refractivity contribution in [2.45, 2.75) is 6.43 Å². The van der Waals surface area contributed by atoms with Crippen molar-refractivity contribution in [2.24, 2.45) is 0 Å². The predicted molar refractivity (Wildman–Crippen MR) is 39.1 cm³/mol. The summed E-state index contributed by atoms with van der Waals surface area (Å²) in [6.45, 7) is 0. The molecule has 6 heteroatoms. The Hall–Kier alpha value is -1.72. The maximum absolute atomic E-state index is 12.2. The number of halogens is 2. The molecule has 0 aliphatic carbocycles. The van der Waals surface area contributed by atoms with Crippen molar-refractivity contribution in [1.82, 2.24) is 4.98 Å². The normalized spacial score (nSPS) is 10.4. The van der Waals surface area contributed by atoms with Crippen molar-refractivity contribution in [3.63, 3.8) is 0 Å². The van der Waals surface area contributed by atoms with Crippen molar-refractivity contribution < 1.29 is 18.7 Å². The molecule has 1 heterocycles. The van der Waals surface area contributed by atoms with E-state index in [1.54, 1.807) is 0 Å². The lowest BCUT2D eigenvalue weighted by atomic mass is 10.1. The first-order valence-electron chi connectivity index (χ1n) is 3.25. The number of H-pyrrole nitrogens is 1. The third-order valence-corrected chi connectivity index (χ3v) is 1.45. The molecule has 0 aromatic carbocycles. The van der Waals surface area contributed by atoms with E-state index in [1.165, 1.54) is 0 Å². The van der Waals surface area contributed by atoms with Gasteiger partial charge in [0.25, 0.3) is 12.0 Å². The standard InChI is InChI=1S/C7H5F2NO3/c8-6(9)3-1-5(12)10-7(13)4(3)2-11/h1-2,6H,(H2,10,12,13). The van der Waals surface area contributed by atoms with Gasteiger partial charge in [-0.3, -0.25) is 14.6 Å². The van der Waals surface area contributed by atoms with Gasteiger partial charge in [-0.05, 0) is 0 Å². The molecular formula is C7H5F2NO3. The molecule has 0 saturated carbocycles. The lowest BCUT2D eigenvalue weighted by Gasteiger charge is -2.03. The summed E-state index contributed by atoms with van der Waals surface area (Å²) in [4.78, 5) is 22.7. The number of rotatable bonds is 2. The molecule has 0 radical (unpaired) electrons. The van der Waals surface area contributed by atoms with Crippen LogP contribution in [-0.4, -0.2) is 16.4 Å². The first-order valence-corrected chi connectivity index (χ1v) is 3.25. The molecule has 0 spiro atoms. The lowest BCUT2D eigenvalue weighted by molar-refractivity contribution is 0.110. The van der Waals surface area contributed by atoms with Gasteiger partial charge >= 0.3 is 0 Å². The second kappa shape index (κ2) is 3.34. The fourth-order valence-electron chi connectivity index (χ4n) is 0.880. The Morgan fingerprint density at radius 2 is 2.15 bits per heavy atom. The zero-order valence-corrected chi connectivity index (χ0v) is 6.25. The van der Waals surface area contributed by atoms with Crippen LogP contribution >= 0.6 is 0 Å². The van der Waals surface area contributed by atoms with Gasteiger partial charge in [0.2, 0.25) is 5.88 Å². The number of hydrogen-bond acceptors (Lipinski definition) is 3. The molecule has 1 aromatic heterocycles. The number of carbonyl (C=O) groups is 1. The van der Waals surface area contributed by atoms with E-state index in [4.69, 9.17) is 5.11 Å². The van der Waals surface area contributed by atoms with E-state index in [0.717, 1.165) is 0 Å². The number of aromatic amines is 1. The van der Waals surface area contributed by atoms with E-state index in [0.29, 0.717) is 6.07 Å². The third-order valence-electron chi connectivity index (χ3n) is 1.45. The molecule has 4 nitrogen and oxygen atoms in total. The van der Waals surface area contributed by atoms with Crippen molar-refractivity contribution in [3.05, 3.63) is 27.5 Å². The van der Waals surface area contributed by atoms with E-state index < -0.39 is 29.0 Å². The monoisotopic (exact) mass is 189 g/mol. The molecule has 0 fully saturated rings. The smallest absolute Gasteiger partial charge is 0.264 e. The van der Waals surface area contributed by atoms with Gasteiger partial charge in [0, 0.05) is 11.6 Å². The van der Waals surface area contributed by atoms with E-state index in [-0.39, 0.29) is 6.29 Å². The fourth-order valence-corrected chi connectivity index (χ4v) is 0.880. The average molecular weight is 189 g/mol. The number of pyridine rings is 1. The molecule has 0 bridgehead atoms. The highest BCUT2D eigenvalue weighted by atomic mass is 19.3. The van der Waals surface area contributed by atoms with Gasteiger partial charge in [-0.25, -0.2) is 8.78 Å². The van der Waals surface area contributed by atoms with Crippen LogP contribution in [0.15, 0.2) is 10.9 Å². The minimum atomic E-state index is -2.96. The number of carbonyl (C=O) groups excluding carboxylic acids is 1. The van der Waals surface area contributed by atoms with E-state index in [9.17, 15) is 18.4 Å². The summed E-state index contributed by atoms with van der Waals surface area (Å²) in [6, 6.07) is 0.577. The highest BCUT2D eigenvalue weighted by molar-refractivity contribution is 5.80. The van der Waals surface area contributed by atoms with Crippen LogP contribution in [0.1, 0.15) is 22.3 Å². The molecule has 0 saturated heterocycles. The van der Waals surface area contributed by atoms with Crippen molar-refractivity contribution in [3.8, 4) is 5.88 Å². The maximum atomic E-state index is 12.2. The van der Waals surface area contributed by atoms with Gasteiger partial charge in [-0.2, -0.15) is 0 Å². The average Bonchev–Trinajstić information content (AvgIpc) is 2.02. The topological polar surface area (TPSA) is 70.2 Å². The maximum Gasteiger partial charge on any atom is 0.264 e. The molecule has 0 unspecified atom stereocenters. The Balaban J connectivity index is 3.47. The molecular weight excluding hydrogens is 184 g/mol. The van der Waals surface area contributed by atoms with Crippen LogP contribution in [0.2, 0.25) is 0 Å². The van der Waals surface area contributed by atoms with Crippen molar-refractivity contribution >= 4 is 6.29 Å². The number of aromatic hydroxyl groups is 1. The third kappa shape index (κ3) is 1.71. The molecule has 1 rings (SSSR count). The summed E-state index contributed by atoms with van der Waals surface area (Å²) in [7, 11) is 0. The zero-order valence-electron chi connectivity index (χ0n) is 6.25. The van der Waals surface area contributed by atoms with Gasteiger partial charge in [-0.1, -0.05) is 0 Å². The SMILES string of the molecule is O=Cc1c(C(F)F)cc(=O)[nH]c1O. The molecule has 0 amide bonds. The summed E-state index contributed by atoms with van der Waals surface area (Å²) in [5.41, 5.74) is -2.23. The second-order valence-corrected chi connectivity index (χ2v) is 2.27. The Kier molecular flexibility index (Phi) is 2.41. The van der Waals surface area contributed by atoms with Crippen molar-refractivity contribution in [1.29, 1.82) is 0 Å². The van der Waals surface area contributed by atoms with E-state index in [1.807, 2.05) is 4.98 Å². The summed E-state index contributed by atoms with van der Waals surface area (Å²) in [5.74, 6) is -0.835. The first-order chi connectivity index (χ1) is 6.06. The Morgan fingerprint density at radius 3 is 2.62 bits per heavy atom. The molecule has 1 aromatic rings. The van der Waals surface area contributed by atoms with Gasteiger partial charge in [-0.15, -0.1) is 0 Å². The molecule has 0 aliphatic rings. The summed E-state index contributed by atoms with van der Waals surface area (Å²) < 4.78 is 24.3. The molecule has 2 N–H and O–H groups in total. The van der Waals surface area contributed by atoms with Crippen LogP contribution < -0.4 is 5.56 Å². The zero-order chi connectivity index (χ0) is 10.0. The van der Waals surface area contributed by atoms with Crippen molar-refractivity contribution in [2.75, 3.05) is 0 Å². The van der Waals surface area contributed by atoms with Gasteiger partial charge < -0.3 is 5.11 Å². The molecule has 0 atom stereocenters. The number of hydrogen-bond donors (Lipinski definition) is 2. The van der Waals surface area contributed by atoms with Crippen LogP contribution in [0.5, 0.6) is 5.88 Å². The van der Waals surface area contributed by atoms with Gasteiger partial charge in [0.05, 0.1) is 5.56 Å². The summed E-state index contributed by atoms with van der Waals surface area (Å²) in [6.07, 6.45) is -2.90. The molecule has 13 heavy (non-hydrogen) atoms. The Labute approximate surface area is 70.8 Å². The summed E-state index contributed by atoms with van der Waals surface area (Å²) >= 11 is 0. The predicted octanol–water partition coefficient (Wildman–Crippen LogP) is 0.831. The first kappa shape index (κ1) is 9.37. The molecule has 70 valence electrons. The quantitative estimate of drug-likeness (QED) is 0.677. The number of nitrogens with one attached hydrogen (secondary N) is 1. The minimum Gasteiger partial charge on any atom is -0.494 e. The summed E-state index contributed by atoms with van der Waals surface area (Å²) in [5, 5.41) is 8.90. The number of aldehydes is 1. The molecule has 0 aliphatic heterocycles. The number of alkyl halides is 2. The minimum absolute atomic E-state index is 0.0623. The van der Waals surface area contributed by atoms with E-state index >= 15 is 0 Å². The lowest BCUT2D eigenvalue weighted by Crippen LogP contribution is -2.09. The second-order valence-electron chi connectivity index (χ2n) is 2.27. The largest absolute Gasteiger partial charge is 0.494 e. The van der Waals surface area contributed by atoms with Gasteiger partial charge in [0.15, 0.2) is 6.29 Å². The fraction of sp³-hybridized carbons (Fsp3) is 0.143. The highest BCUT2D eigenvalue weighted by Crippen LogP contribution is 2.24. The van der Waals surface area contributed by atoms with E-state index in [2.05, 4.69) is 0 Å². The number of aromatic nitrogens is 1. The van der Waals surface area contributed by atoms with Crippen LogP contribution in [0.4, 0.5) is 8.78 Å². The van der Waals surface area contributed by atoms with Gasteiger partial charge in [0.1, 0.15) is 0 Å². The Bertz CT molecular complexity index is 386. The Morgan fingerprint density at radius 1 is 1.54 bits per heavy atom. The van der Waals surface area contributed by atoms with Crippen LogP contribution in [-0.2, 0) is 0 Å². The highest BCUT2D eigenvalue weighted by Gasteiger charge is 2.17.